The maximum Gasteiger partial charge on any atom is 0.226 e. The van der Waals surface area contributed by atoms with Gasteiger partial charge in [0.2, 0.25) is 5.89 Å². The van der Waals surface area contributed by atoms with Crippen LogP contribution in [0.15, 0.2) is 4.52 Å². The van der Waals surface area contributed by atoms with Crippen molar-refractivity contribution in [2.75, 3.05) is 12.4 Å². The van der Waals surface area contributed by atoms with Gasteiger partial charge in [-0.25, -0.2) is 0 Å². The van der Waals surface area contributed by atoms with Crippen LogP contribution in [0.3, 0.4) is 0 Å². The molecule has 84 valence electrons. The Morgan fingerprint density at radius 1 is 1.47 bits per heavy atom. The number of hydrogen-bond donors (Lipinski definition) is 1. The highest BCUT2D eigenvalue weighted by molar-refractivity contribution is 7.99. The van der Waals surface area contributed by atoms with E-state index in [1.54, 1.807) is 0 Å². The lowest BCUT2D eigenvalue weighted by Gasteiger charge is -2.17. The van der Waals surface area contributed by atoms with Crippen LogP contribution in [-0.4, -0.2) is 27.6 Å². The second kappa shape index (κ2) is 5.51. The highest BCUT2D eigenvalue weighted by Gasteiger charge is 2.21. The zero-order chi connectivity index (χ0) is 10.5. The van der Waals surface area contributed by atoms with E-state index in [9.17, 15) is 0 Å². The molecule has 0 amide bonds. The SMILES string of the molecule is OCCCc1nc(C2CCCCS2)no1. The molecule has 1 unspecified atom stereocenters. The first kappa shape index (κ1) is 11.0. The Morgan fingerprint density at radius 2 is 2.40 bits per heavy atom. The van der Waals surface area contributed by atoms with Gasteiger partial charge in [0.1, 0.15) is 0 Å². The van der Waals surface area contributed by atoms with Crippen LogP contribution >= 0.6 is 11.8 Å². The lowest BCUT2D eigenvalue weighted by Crippen LogP contribution is -2.03. The second-order valence-electron chi connectivity index (χ2n) is 3.73. The molecular weight excluding hydrogens is 212 g/mol. The van der Waals surface area contributed by atoms with Crippen LogP contribution < -0.4 is 0 Å². The van der Waals surface area contributed by atoms with E-state index >= 15 is 0 Å². The van der Waals surface area contributed by atoms with Gasteiger partial charge >= 0.3 is 0 Å². The molecule has 1 N–H and O–H groups in total. The predicted molar refractivity (Wildman–Crippen MR) is 58.8 cm³/mol. The van der Waals surface area contributed by atoms with Crippen LogP contribution in [-0.2, 0) is 6.42 Å². The first-order chi connectivity index (χ1) is 7.40. The van der Waals surface area contributed by atoms with Gasteiger partial charge in [-0.15, -0.1) is 0 Å². The maximum atomic E-state index is 8.69. The van der Waals surface area contributed by atoms with Gasteiger partial charge in [-0.1, -0.05) is 11.6 Å². The van der Waals surface area contributed by atoms with E-state index in [1.807, 2.05) is 11.8 Å². The Labute approximate surface area is 93.4 Å². The van der Waals surface area contributed by atoms with Crippen molar-refractivity contribution in [3.05, 3.63) is 11.7 Å². The Hall–Kier alpha value is -0.550. The summed E-state index contributed by atoms with van der Waals surface area (Å²) in [5, 5.41) is 13.1. The fraction of sp³-hybridized carbons (Fsp3) is 0.800. The number of aryl methyl sites for hydroxylation is 1. The van der Waals surface area contributed by atoms with Crippen LogP contribution in [0, 0.1) is 0 Å². The molecule has 1 atom stereocenters. The number of nitrogens with zero attached hydrogens (tertiary/aromatic N) is 2. The lowest BCUT2D eigenvalue weighted by molar-refractivity contribution is 0.278. The summed E-state index contributed by atoms with van der Waals surface area (Å²) in [6.07, 6.45) is 5.10. The molecule has 1 aliphatic heterocycles. The van der Waals surface area contributed by atoms with Crippen LogP contribution in [0.1, 0.15) is 42.6 Å². The molecule has 1 fully saturated rings. The van der Waals surface area contributed by atoms with Gasteiger partial charge in [0.25, 0.3) is 0 Å². The van der Waals surface area contributed by atoms with Crippen LogP contribution in [0.25, 0.3) is 0 Å². The molecule has 0 saturated carbocycles. The molecule has 2 rings (SSSR count). The van der Waals surface area contributed by atoms with Crippen molar-refractivity contribution in [3.63, 3.8) is 0 Å². The Balaban J connectivity index is 1.93. The number of rotatable bonds is 4. The maximum absolute atomic E-state index is 8.69. The number of hydrogen-bond acceptors (Lipinski definition) is 5. The summed E-state index contributed by atoms with van der Waals surface area (Å²) in [7, 11) is 0. The molecular formula is C10H16N2O2S. The number of aliphatic hydroxyl groups is 1. The first-order valence-electron chi connectivity index (χ1n) is 5.45. The van der Waals surface area contributed by atoms with E-state index in [0.717, 1.165) is 12.2 Å². The Morgan fingerprint density at radius 3 is 3.13 bits per heavy atom. The number of aromatic nitrogens is 2. The van der Waals surface area contributed by atoms with Crippen molar-refractivity contribution in [3.8, 4) is 0 Å². The van der Waals surface area contributed by atoms with E-state index in [2.05, 4.69) is 10.1 Å². The minimum absolute atomic E-state index is 0.176. The van der Waals surface area contributed by atoms with Crippen molar-refractivity contribution >= 4 is 11.8 Å². The highest BCUT2D eigenvalue weighted by Crippen LogP contribution is 2.36. The summed E-state index contributed by atoms with van der Waals surface area (Å²) < 4.78 is 5.13. The normalized spacial score (nSPS) is 21.8. The molecule has 1 aromatic heterocycles. The molecule has 15 heavy (non-hydrogen) atoms. The zero-order valence-corrected chi connectivity index (χ0v) is 9.50. The van der Waals surface area contributed by atoms with Crippen LogP contribution in [0.2, 0.25) is 0 Å². The van der Waals surface area contributed by atoms with Gasteiger partial charge in [-0.2, -0.15) is 16.7 Å². The monoisotopic (exact) mass is 228 g/mol. The van der Waals surface area contributed by atoms with Crippen molar-refractivity contribution in [1.82, 2.24) is 10.1 Å². The van der Waals surface area contributed by atoms with Crippen molar-refractivity contribution in [2.45, 2.75) is 37.4 Å². The minimum atomic E-state index is 0.176. The quantitative estimate of drug-likeness (QED) is 0.853. The van der Waals surface area contributed by atoms with Crippen molar-refractivity contribution in [2.24, 2.45) is 0 Å². The molecule has 1 aromatic rings. The molecule has 0 bridgehead atoms. The van der Waals surface area contributed by atoms with Crippen molar-refractivity contribution < 1.29 is 9.63 Å². The predicted octanol–water partition coefficient (Wildman–Crippen LogP) is 1.95. The summed E-state index contributed by atoms with van der Waals surface area (Å²) in [6.45, 7) is 0.176. The molecule has 4 nitrogen and oxygen atoms in total. The molecule has 0 radical (unpaired) electrons. The summed E-state index contributed by atoms with van der Waals surface area (Å²) in [4.78, 5) is 4.36. The van der Waals surface area contributed by atoms with Gasteiger partial charge in [0.15, 0.2) is 5.82 Å². The first-order valence-corrected chi connectivity index (χ1v) is 6.50. The number of thioether (sulfide) groups is 1. The topological polar surface area (TPSA) is 59.2 Å². The molecule has 5 heteroatoms. The summed E-state index contributed by atoms with van der Waals surface area (Å²) >= 11 is 1.92. The van der Waals surface area contributed by atoms with E-state index in [4.69, 9.17) is 9.63 Å². The summed E-state index contributed by atoms with van der Waals surface area (Å²) in [5.41, 5.74) is 0. The van der Waals surface area contributed by atoms with Crippen molar-refractivity contribution in [1.29, 1.82) is 0 Å². The van der Waals surface area contributed by atoms with Gasteiger partial charge in [-0.3, -0.25) is 0 Å². The smallest absolute Gasteiger partial charge is 0.226 e. The fourth-order valence-electron chi connectivity index (χ4n) is 1.68. The third kappa shape index (κ3) is 2.95. The third-order valence-corrected chi connectivity index (χ3v) is 3.87. The van der Waals surface area contributed by atoms with E-state index in [-0.39, 0.29) is 6.61 Å². The number of aliphatic hydroxyl groups excluding tert-OH is 1. The molecule has 0 aromatic carbocycles. The average molecular weight is 228 g/mol. The minimum Gasteiger partial charge on any atom is -0.396 e. The molecule has 1 saturated heterocycles. The van der Waals surface area contributed by atoms with Crippen LogP contribution in [0.5, 0.6) is 0 Å². The summed E-state index contributed by atoms with van der Waals surface area (Å²) in [6, 6.07) is 0. The Kier molecular flexibility index (Phi) is 4.02. The second-order valence-corrected chi connectivity index (χ2v) is 5.04. The highest BCUT2D eigenvalue weighted by atomic mass is 32.2. The van der Waals surface area contributed by atoms with Gasteiger partial charge in [0.05, 0.1) is 5.25 Å². The zero-order valence-electron chi connectivity index (χ0n) is 8.69. The van der Waals surface area contributed by atoms with Gasteiger partial charge < -0.3 is 9.63 Å². The largest absolute Gasteiger partial charge is 0.396 e. The van der Waals surface area contributed by atoms with Gasteiger partial charge in [0, 0.05) is 13.0 Å². The summed E-state index contributed by atoms with van der Waals surface area (Å²) in [5.74, 6) is 2.70. The van der Waals surface area contributed by atoms with E-state index < -0.39 is 0 Å². The third-order valence-electron chi connectivity index (χ3n) is 2.50. The Bertz CT molecular complexity index is 297. The molecule has 1 aliphatic rings. The standard InChI is InChI=1S/C10H16N2O2S/c13-6-3-5-9-11-10(12-14-9)8-4-1-2-7-15-8/h8,13H,1-7H2. The van der Waals surface area contributed by atoms with Gasteiger partial charge in [-0.05, 0) is 25.0 Å². The molecule has 2 heterocycles. The average Bonchev–Trinajstić information content (AvgIpc) is 2.76. The molecule has 0 aliphatic carbocycles. The van der Waals surface area contributed by atoms with Crippen LogP contribution in [0.4, 0.5) is 0 Å². The molecule has 0 spiro atoms. The lowest BCUT2D eigenvalue weighted by atomic mass is 10.2. The van der Waals surface area contributed by atoms with E-state index in [1.165, 1.54) is 18.6 Å². The fourth-order valence-corrected chi connectivity index (χ4v) is 2.91. The van der Waals surface area contributed by atoms with E-state index in [0.29, 0.717) is 24.0 Å².